The average molecular weight is 565 g/mol. The SMILES string of the molecule is COc1cc(OCC2CCCO2)ccc1C=CC1=CC(C=Cc2ccc3cc[nH]c3c2)=CC(n2cccn2)([N+](=O)[O-])C1. The molecule has 2 aliphatic rings. The molecule has 1 aliphatic heterocycles. The Morgan fingerprint density at radius 2 is 2.12 bits per heavy atom. The van der Waals surface area contributed by atoms with Crippen LogP contribution in [0.15, 0.2) is 103 Å². The van der Waals surface area contributed by atoms with Gasteiger partial charge in [0.1, 0.15) is 18.1 Å². The quantitative estimate of drug-likeness (QED) is 0.173. The van der Waals surface area contributed by atoms with Crippen molar-refractivity contribution >= 4 is 23.1 Å². The molecule has 9 heteroatoms. The van der Waals surface area contributed by atoms with Crippen LogP contribution in [0.2, 0.25) is 0 Å². The number of hydrogen-bond donors (Lipinski definition) is 1. The lowest BCUT2D eigenvalue weighted by Crippen LogP contribution is -2.42. The number of nitrogens with one attached hydrogen (secondary N) is 1. The molecule has 42 heavy (non-hydrogen) atoms. The van der Waals surface area contributed by atoms with Crippen molar-refractivity contribution in [3.05, 3.63) is 124 Å². The van der Waals surface area contributed by atoms with Gasteiger partial charge >= 0.3 is 5.66 Å². The minimum Gasteiger partial charge on any atom is -0.496 e. The summed E-state index contributed by atoms with van der Waals surface area (Å²) in [6.45, 7) is 1.29. The third-order valence-electron chi connectivity index (χ3n) is 7.62. The fourth-order valence-electron chi connectivity index (χ4n) is 5.42. The summed E-state index contributed by atoms with van der Waals surface area (Å²) in [5.74, 6) is 1.35. The fourth-order valence-corrected chi connectivity index (χ4v) is 5.42. The predicted molar refractivity (Wildman–Crippen MR) is 162 cm³/mol. The molecule has 0 amide bonds. The van der Waals surface area contributed by atoms with Gasteiger partial charge in [-0.1, -0.05) is 42.5 Å². The fraction of sp³-hybridized carbons (Fsp3) is 0.242. The number of H-pyrrole nitrogens is 1. The standard InChI is InChI=1S/C33H32N4O5/c1-40-32-20-29(42-23-30-4-2-17-41-30)12-11-28(32)10-8-26-18-25(6-5-24-7-9-27-13-15-34-31(27)19-24)21-33(22-26,37(38)39)36-16-3-14-35-36/h3,5-16,18-21,30,34H,2,4,17,22-23H2,1H3. The van der Waals surface area contributed by atoms with Crippen molar-refractivity contribution in [1.29, 1.82) is 0 Å². The highest BCUT2D eigenvalue weighted by Gasteiger charge is 2.45. The van der Waals surface area contributed by atoms with Gasteiger partial charge in [0.25, 0.3) is 0 Å². The Morgan fingerprint density at radius 1 is 1.19 bits per heavy atom. The number of benzene rings is 2. The van der Waals surface area contributed by atoms with Crippen molar-refractivity contribution in [2.24, 2.45) is 0 Å². The molecule has 1 N–H and O–H groups in total. The lowest BCUT2D eigenvalue weighted by atomic mass is 9.89. The molecular weight excluding hydrogens is 532 g/mol. The third kappa shape index (κ3) is 5.77. The molecular formula is C33H32N4O5. The number of aromatic nitrogens is 3. The van der Waals surface area contributed by atoms with E-state index in [-0.39, 0.29) is 17.4 Å². The van der Waals surface area contributed by atoms with Gasteiger partial charge in [-0.15, -0.1) is 0 Å². The zero-order valence-electron chi connectivity index (χ0n) is 23.3. The Balaban J connectivity index is 1.29. The van der Waals surface area contributed by atoms with E-state index in [1.165, 1.54) is 4.68 Å². The van der Waals surface area contributed by atoms with Crippen LogP contribution in [0.3, 0.4) is 0 Å². The van der Waals surface area contributed by atoms with Crippen LogP contribution in [0.25, 0.3) is 23.1 Å². The summed E-state index contributed by atoms with van der Waals surface area (Å²) in [6, 6.07) is 15.5. The predicted octanol–water partition coefficient (Wildman–Crippen LogP) is 6.54. The molecule has 2 atom stereocenters. The van der Waals surface area contributed by atoms with Crippen LogP contribution in [0.5, 0.6) is 11.5 Å². The van der Waals surface area contributed by atoms with E-state index in [4.69, 9.17) is 14.2 Å². The summed E-state index contributed by atoms with van der Waals surface area (Å²) in [6.07, 6.45) is 18.7. The molecule has 2 unspecified atom stereocenters. The average Bonchev–Trinajstić information content (AvgIpc) is 3.81. The Morgan fingerprint density at radius 3 is 2.90 bits per heavy atom. The second kappa shape index (κ2) is 11.9. The molecule has 2 aromatic heterocycles. The summed E-state index contributed by atoms with van der Waals surface area (Å²) in [5, 5.41) is 18.0. The molecule has 9 nitrogen and oxygen atoms in total. The van der Waals surface area contributed by atoms with Crippen LogP contribution < -0.4 is 9.47 Å². The maximum absolute atomic E-state index is 12.6. The van der Waals surface area contributed by atoms with E-state index in [9.17, 15) is 10.1 Å². The number of methoxy groups -OCH3 is 1. The van der Waals surface area contributed by atoms with E-state index in [2.05, 4.69) is 16.1 Å². The Kier molecular flexibility index (Phi) is 7.74. The Bertz CT molecular complexity index is 1690. The second-order valence-electron chi connectivity index (χ2n) is 10.5. The van der Waals surface area contributed by atoms with E-state index in [0.717, 1.165) is 47.1 Å². The van der Waals surface area contributed by atoms with Crippen molar-refractivity contribution in [1.82, 2.24) is 14.8 Å². The highest BCUT2D eigenvalue weighted by atomic mass is 16.6. The normalized spacial score (nSPS) is 20.7. The van der Waals surface area contributed by atoms with Gasteiger partial charge in [0, 0.05) is 48.4 Å². The molecule has 1 aliphatic carbocycles. The van der Waals surface area contributed by atoms with Crippen LogP contribution in [0.4, 0.5) is 0 Å². The number of fused-ring (bicyclic) bond motifs is 1. The molecule has 0 saturated carbocycles. The zero-order chi connectivity index (χ0) is 28.9. The van der Waals surface area contributed by atoms with Crippen molar-refractivity contribution in [2.45, 2.75) is 31.0 Å². The summed E-state index contributed by atoms with van der Waals surface area (Å²) in [7, 11) is 1.61. The highest BCUT2D eigenvalue weighted by Crippen LogP contribution is 2.36. The number of ether oxygens (including phenoxy) is 3. The topological polar surface area (TPSA) is 104 Å². The van der Waals surface area contributed by atoms with E-state index in [1.807, 2.05) is 73.0 Å². The van der Waals surface area contributed by atoms with Crippen molar-refractivity contribution in [2.75, 3.05) is 20.3 Å². The van der Waals surface area contributed by atoms with Crippen molar-refractivity contribution in [3.8, 4) is 11.5 Å². The molecule has 0 radical (unpaired) electrons. The molecule has 6 rings (SSSR count). The van der Waals surface area contributed by atoms with Gasteiger partial charge in [-0.05, 0) is 65.3 Å². The third-order valence-corrected chi connectivity index (χ3v) is 7.62. The number of rotatable bonds is 10. The number of nitro groups is 1. The number of allylic oxidation sites excluding steroid dienone is 4. The largest absolute Gasteiger partial charge is 0.496 e. The molecule has 2 aromatic carbocycles. The summed E-state index contributed by atoms with van der Waals surface area (Å²) in [5.41, 5.74) is 2.78. The maximum Gasteiger partial charge on any atom is 0.338 e. The van der Waals surface area contributed by atoms with Gasteiger partial charge in [0.05, 0.1) is 24.6 Å². The van der Waals surface area contributed by atoms with Crippen molar-refractivity contribution < 1.29 is 19.1 Å². The molecule has 4 aromatic rings. The van der Waals surface area contributed by atoms with Gasteiger partial charge in [0.2, 0.25) is 0 Å². The number of nitrogens with zero attached hydrogens (tertiary/aromatic N) is 3. The molecule has 214 valence electrons. The summed E-state index contributed by atoms with van der Waals surface area (Å²) < 4.78 is 18.6. The molecule has 0 bridgehead atoms. The lowest BCUT2D eigenvalue weighted by molar-refractivity contribution is -0.587. The van der Waals surface area contributed by atoms with E-state index in [0.29, 0.717) is 23.7 Å². The van der Waals surface area contributed by atoms with Crippen LogP contribution in [-0.2, 0) is 10.4 Å². The van der Waals surface area contributed by atoms with Crippen molar-refractivity contribution in [3.63, 3.8) is 0 Å². The van der Waals surface area contributed by atoms with Gasteiger partial charge in [-0.25, -0.2) is 0 Å². The van der Waals surface area contributed by atoms with Crippen LogP contribution in [-0.4, -0.2) is 46.1 Å². The van der Waals surface area contributed by atoms with Gasteiger partial charge in [-0.2, -0.15) is 9.78 Å². The van der Waals surface area contributed by atoms with Gasteiger partial charge in [-0.3, -0.25) is 10.1 Å². The first kappa shape index (κ1) is 27.3. The zero-order valence-corrected chi connectivity index (χ0v) is 23.3. The van der Waals surface area contributed by atoms with Gasteiger partial charge < -0.3 is 19.2 Å². The summed E-state index contributed by atoms with van der Waals surface area (Å²) >= 11 is 0. The first-order chi connectivity index (χ1) is 20.5. The summed E-state index contributed by atoms with van der Waals surface area (Å²) in [4.78, 5) is 15.5. The first-order valence-electron chi connectivity index (χ1n) is 14.0. The molecule has 0 spiro atoms. The van der Waals surface area contributed by atoms with E-state index >= 15 is 0 Å². The highest BCUT2D eigenvalue weighted by molar-refractivity contribution is 5.82. The lowest BCUT2D eigenvalue weighted by Gasteiger charge is -2.26. The Hall–Kier alpha value is -4.89. The van der Waals surface area contributed by atoms with Crippen LogP contribution >= 0.6 is 0 Å². The monoisotopic (exact) mass is 564 g/mol. The first-order valence-corrected chi connectivity index (χ1v) is 14.0. The van der Waals surface area contributed by atoms with E-state index < -0.39 is 5.66 Å². The second-order valence-corrected chi connectivity index (χ2v) is 10.5. The number of aromatic amines is 1. The minimum atomic E-state index is -1.56. The Labute approximate surface area is 243 Å². The molecule has 3 heterocycles. The minimum absolute atomic E-state index is 0.123. The molecule has 1 fully saturated rings. The van der Waals surface area contributed by atoms with Gasteiger partial charge in [0.15, 0.2) is 0 Å². The van der Waals surface area contributed by atoms with Crippen LogP contribution in [0.1, 0.15) is 30.4 Å². The number of hydrogen-bond acceptors (Lipinski definition) is 6. The smallest absolute Gasteiger partial charge is 0.338 e. The molecule has 1 saturated heterocycles. The van der Waals surface area contributed by atoms with E-state index in [1.54, 1.807) is 31.6 Å². The van der Waals surface area contributed by atoms with Crippen LogP contribution in [0, 0.1) is 10.1 Å². The maximum atomic E-state index is 12.6.